The van der Waals surface area contributed by atoms with Gasteiger partial charge in [-0.2, -0.15) is 0 Å². The Morgan fingerprint density at radius 2 is 1.42 bits per heavy atom. The Kier molecular flexibility index (Phi) is 5.42. The number of aryl methyl sites for hydroxylation is 1. The van der Waals surface area contributed by atoms with Gasteiger partial charge in [0.25, 0.3) is 0 Å². The SMILES string of the molecule is Cc1cc(-c2ccccc2)cc(-c2ccccc2)c1CNCCO. The lowest BCUT2D eigenvalue weighted by Crippen LogP contribution is -2.18. The van der Waals surface area contributed by atoms with Crippen molar-refractivity contribution in [3.8, 4) is 22.3 Å². The van der Waals surface area contributed by atoms with Crippen LogP contribution in [0.4, 0.5) is 0 Å². The van der Waals surface area contributed by atoms with Gasteiger partial charge in [-0.25, -0.2) is 0 Å². The van der Waals surface area contributed by atoms with Crippen LogP contribution in [0, 0.1) is 6.92 Å². The summed E-state index contributed by atoms with van der Waals surface area (Å²) < 4.78 is 0. The van der Waals surface area contributed by atoms with Crippen LogP contribution in [0.15, 0.2) is 72.8 Å². The molecule has 2 nitrogen and oxygen atoms in total. The molecule has 0 spiro atoms. The highest BCUT2D eigenvalue weighted by atomic mass is 16.3. The van der Waals surface area contributed by atoms with Crippen molar-refractivity contribution >= 4 is 0 Å². The summed E-state index contributed by atoms with van der Waals surface area (Å²) in [6, 6.07) is 25.5. The molecular formula is C22H23NO. The summed E-state index contributed by atoms with van der Waals surface area (Å²) >= 11 is 0. The van der Waals surface area contributed by atoms with Crippen LogP contribution in [-0.2, 0) is 6.54 Å². The van der Waals surface area contributed by atoms with Crippen molar-refractivity contribution < 1.29 is 5.11 Å². The third kappa shape index (κ3) is 3.73. The lowest BCUT2D eigenvalue weighted by atomic mass is 9.91. The van der Waals surface area contributed by atoms with Gasteiger partial charge in [-0.1, -0.05) is 66.7 Å². The molecule has 0 unspecified atom stereocenters. The summed E-state index contributed by atoms with van der Waals surface area (Å²) in [6.07, 6.45) is 0. The van der Waals surface area contributed by atoms with E-state index in [1.54, 1.807) is 0 Å². The van der Waals surface area contributed by atoms with Gasteiger partial charge in [0.2, 0.25) is 0 Å². The van der Waals surface area contributed by atoms with Crippen LogP contribution >= 0.6 is 0 Å². The second-order valence-electron chi connectivity index (χ2n) is 5.95. The number of rotatable bonds is 6. The highest BCUT2D eigenvalue weighted by Gasteiger charge is 2.11. The molecular weight excluding hydrogens is 294 g/mol. The zero-order chi connectivity index (χ0) is 16.8. The first kappa shape index (κ1) is 16.4. The monoisotopic (exact) mass is 317 g/mol. The smallest absolute Gasteiger partial charge is 0.0556 e. The Hall–Kier alpha value is -2.42. The molecule has 0 saturated carbocycles. The van der Waals surface area contributed by atoms with Gasteiger partial charge >= 0.3 is 0 Å². The Bertz CT molecular complexity index is 782. The topological polar surface area (TPSA) is 32.3 Å². The molecule has 24 heavy (non-hydrogen) atoms. The molecule has 0 heterocycles. The fraction of sp³-hybridized carbons (Fsp3) is 0.182. The normalized spacial score (nSPS) is 10.8. The summed E-state index contributed by atoms with van der Waals surface area (Å²) in [5.74, 6) is 0. The number of nitrogens with one attached hydrogen (secondary N) is 1. The molecule has 2 N–H and O–H groups in total. The van der Waals surface area contributed by atoms with Crippen LogP contribution in [-0.4, -0.2) is 18.3 Å². The summed E-state index contributed by atoms with van der Waals surface area (Å²) in [4.78, 5) is 0. The molecule has 0 aliphatic rings. The van der Waals surface area contributed by atoms with E-state index in [0.29, 0.717) is 6.54 Å². The minimum absolute atomic E-state index is 0.155. The summed E-state index contributed by atoms with van der Waals surface area (Å²) in [6.45, 7) is 3.68. The van der Waals surface area contributed by atoms with E-state index in [1.807, 2.05) is 12.1 Å². The van der Waals surface area contributed by atoms with E-state index in [-0.39, 0.29) is 6.61 Å². The van der Waals surface area contributed by atoms with Gasteiger partial charge in [-0.05, 0) is 46.4 Å². The molecule has 0 atom stereocenters. The number of hydrogen-bond acceptors (Lipinski definition) is 2. The largest absolute Gasteiger partial charge is 0.395 e. The summed E-state index contributed by atoms with van der Waals surface area (Å²) in [5, 5.41) is 12.3. The standard InChI is InChI=1S/C22H23NO/c1-17-14-20(18-8-4-2-5-9-18)15-21(19-10-6-3-7-11-19)22(17)16-23-12-13-24/h2-11,14-15,23-24H,12-13,16H2,1H3. The molecule has 0 radical (unpaired) electrons. The van der Waals surface area contributed by atoms with E-state index in [1.165, 1.54) is 33.4 Å². The minimum atomic E-state index is 0.155. The Balaban J connectivity index is 2.09. The van der Waals surface area contributed by atoms with Crippen molar-refractivity contribution in [2.24, 2.45) is 0 Å². The average molecular weight is 317 g/mol. The quantitative estimate of drug-likeness (QED) is 0.660. The minimum Gasteiger partial charge on any atom is -0.395 e. The molecule has 3 aromatic rings. The molecule has 0 aliphatic heterocycles. The van der Waals surface area contributed by atoms with Crippen LogP contribution in [0.2, 0.25) is 0 Å². The van der Waals surface area contributed by atoms with Crippen molar-refractivity contribution in [2.45, 2.75) is 13.5 Å². The van der Waals surface area contributed by atoms with Crippen molar-refractivity contribution in [1.29, 1.82) is 0 Å². The molecule has 0 amide bonds. The lowest BCUT2D eigenvalue weighted by molar-refractivity contribution is 0.292. The van der Waals surface area contributed by atoms with Gasteiger partial charge in [-0.15, -0.1) is 0 Å². The molecule has 2 heteroatoms. The maximum Gasteiger partial charge on any atom is 0.0556 e. The van der Waals surface area contributed by atoms with Gasteiger partial charge < -0.3 is 10.4 Å². The van der Waals surface area contributed by atoms with Crippen LogP contribution in [0.1, 0.15) is 11.1 Å². The summed E-state index contributed by atoms with van der Waals surface area (Å²) in [7, 11) is 0. The Morgan fingerprint density at radius 3 is 2.04 bits per heavy atom. The van der Waals surface area contributed by atoms with Gasteiger partial charge in [0.15, 0.2) is 0 Å². The van der Waals surface area contributed by atoms with Crippen LogP contribution < -0.4 is 5.32 Å². The van der Waals surface area contributed by atoms with Crippen molar-refractivity contribution in [1.82, 2.24) is 5.32 Å². The van der Waals surface area contributed by atoms with E-state index in [0.717, 1.165) is 6.54 Å². The van der Waals surface area contributed by atoms with Gasteiger partial charge in [0.1, 0.15) is 0 Å². The predicted octanol–water partition coefficient (Wildman–Crippen LogP) is 4.41. The maximum atomic E-state index is 9.03. The Morgan fingerprint density at radius 1 is 0.792 bits per heavy atom. The first-order chi connectivity index (χ1) is 11.8. The first-order valence-electron chi connectivity index (χ1n) is 8.35. The molecule has 0 aromatic heterocycles. The van der Waals surface area contributed by atoms with Crippen LogP contribution in [0.25, 0.3) is 22.3 Å². The van der Waals surface area contributed by atoms with E-state index in [4.69, 9.17) is 5.11 Å². The van der Waals surface area contributed by atoms with Gasteiger partial charge in [-0.3, -0.25) is 0 Å². The number of benzene rings is 3. The molecule has 0 saturated heterocycles. The zero-order valence-corrected chi connectivity index (χ0v) is 14.0. The molecule has 122 valence electrons. The van der Waals surface area contributed by atoms with E-state index < -0.39 is 0 Å². The number of hydrogen-bond donors (Lipinski definition) is 2. The van der Waals surface area contributed by atoms with Crippen molar-refractivity contribution in [2.75, 3.05) is 13.2 Å². The van der Waals surface area contributed by atoms with Gasteiger partial charge in [0, 0.05) is 13.1 Å². The molecule has 0 aliphatic carbocycles. The molecule has 3 aromatic carbocycles. The third-order valence-electron chi connectivity index (χ3n) is 4.26. The van der Waals surface area contributed by atoms with Gasteiger partial charge in [0.05, 0.1) is 6.61 Å². The molecule has 3 rings (SSSR count). The highest BCUT2D eigenvalue weighted by Crippen LogP contribution is 2.32. The second-order valence-corrected chi connectivity index (χ2v) is 5.95. The molecule has 0 bridgehead atoms. The first-order valence-corrected chi connectivity index (χ1v) is 8.35. The van der Waals surface area contributed by atoms with E-state index in [2.05, 4.69) is 72.9 Å². The summed E-state index contributed by atoms with van der Waals surface area (Å²) in [5.41, 5.74) is 7.49. The van der Waals surface area contributed by atoms with E-state index in [9.17, 15) is 0 Å². The number of aliphatic hydroxyl groups excluding tert-OH is 1. The third-order valence-corrected chi connectivity index (χ3v) is 4.26. The average Bonchev–Trinajstić information content (AvgIpc) is 2.64. The zero-order valence-electron chi connectivity index (χ0n) is 14.0. The fourth-order valence-corrected chi connectivity index (χ4v) is 3.02. The predicted molar refractivity (Wildman–Crippen MR) is 101 cm³/mol. The van der Waals surface area contributed by atoms with Crippen molar-refractivity contribution in [3.05, 3.63) is 83.9 Å². The van der Waals surface area contributed by atoms with Crippen LogP contribution in [0.5, 0.6) is 0 Å². The fourth-order valence-electron chi connectivity index (χ4n) is 3.02. The lowest BCUT2D eigenvalue weighted by Gasteiger charge is -2.16. The second kappa shape index (κ2) is 7.91. The molecule has 0 fully saturated rings. The highest BCUT2D eigenvalue weighted by molar-refractivity contribution is 5.77. The van der Waals surface area contributed by atoms with Crippen LogP contribution in [0.3, 0.4) is 0 Å². The number of aliphatic hydroxyl groups is 1. The maximum absolute atomic E-state index is 9.03. The van der Waals surface area contributed by atoms with E-state index >= 15 is 0 Å². The van der Waals surface area contributed by atoms with Crippen molar-refractivity contribution in [3.63, 3.8) is 0 Å². The Labute approximate surface area is 143 Å².